The number of benzene rings is 10. The van der Waals surface area contributed by atoms with Gasteiger partial charge in [0, 0.05) is 27.8 Å². The second-order valence-electron chi connectivity index (χ2n) is 20.0. The van der Waals surface area contributed by atoms with Crippen LogP contribution in [0.15, 0.2) is 231 Å². The van der Waals surface area contributed by atoms with Gasteiger partial charge in [-0.25, -0.2) is 0 Å². The van der Waals surface area contributed by atoms with Crippen molar-refractivity contribution in [2.75, 3.05) is 4.90 Å². The van der Waals surface area contributed by atoms with Crippen LogP contribution in [0.1, 0.15) is 90.8 Å². The van der Waals surface area contributed by atoms with Crippen molar-refractivity contribution in [1.82, 2.24) is 0 Å². The van der Waals surface area contributed by atoms with E-state index < -0.39 is 0 Å². The third-order valence-corrected chi connectivity index (χ3v) is 16.4. The van der Waals surface area contributed by atoms with Gasteiger partial charge >= 0.3 is 0 Å². The lowest BCUT2D eigenvalue weighted by atomic mass is 9.74. The fraction of sp³-hybridized carbons (Fsp3) is 0.147. The first-order chi connectivity index (χ1) is 34.0. The lowest BCUT2D eigenvalue weighted by molar-refractivity contribution is 0.445. The highest BCUT2D eigenvalue weighted by Crippen LogP contribution is 2.57. The predicted molar refractivity (Wildman–Crippen MR) is 290 cm³/mol. The van der Waals surface area contributed by atoms with Gasteiger partial charge < -0.3 is 4.90 Å². The van der Waals surface area contributed by atoms with Crippen LogP contribution in [-0.4, -0.2) is 0 Å². The van der Waals surface area contributed by atoms with E-state index in [0.29, 0.717) is 5.92 Å². The fourth-order valence-corrected chi connectivity index (χ4v) is 13.0. The molecule has 0 aromatic heterocycles. The van der Waals surface area contributed by atoms with Gasteiger partial charge in [0.15, 0.2) is 0 Å². The minimum absolute atomic E-state index is 0.260. The Hall–Kier alpha value is -7.74. The van der Waals surface area contributed by atoms with Crippen LogP contribution in [0.5, 0.6) is 0 Å². The van der Waals surface area contributed by atoms with Crippen molar-refractivity contribution in [2.24, 2.45) is 0 Å². The second kappa shape index (κ2) is 16.5. The summed E-state index contributed by atoms with van der Waals surface area (Å²) in [7, 11) is 0. The smallest absolute Gasteiger partial charge is 0.0540 e. The Morgan fingerprint density at radius 3 is 1.62 bits per heavy atom. The Balaban J connectivity index is 1.01. The summed E-state index contributed by atoms with van der Waals surface area (Å²) in [6, 6.07) is 86.9. The van der Waals surface area contributed by atoms with Crippen molar-refractivity contribution in [3.63, 3.8) is 0 Å². The quantitative estimate of drug-likeness (QED) is 0.147. The zero-order chi connectivity index (χ0) is 46.1. The minimum atomic E-state index is -0.332. The highest BCUT2D eigenvalue weighted by Gasteiger charge is 2.43. The van der Waals surface area contributed by atoms with Crippen LogP contribution in [0.4, 0.5) is 17.1 Å². The minimum Gasteiger partial charge on any atom is -0.310 e. The van der Waals surface area contributed by atoms with Gasteiger partial charge in [0.25, 0.3) is 0 Å². The molecule has 0 radical (unpaired) electrons. The van der Waals surface area contributed by atoms with E-state index in [-0.39, 0.29) is 10.8 Å². The number of para-hydroxylation sites is 1. The Morgan fingerprint density at radius 1 is 0.377 bits per heavy atom. The van der Waals surface area contributed by atoms with Crippen LogP contribution in [0.25, 0.3) is 55.3 Å². The topological polar surface area (TPSA) is 3.24 Å². The average Bonchev–Trinajstić information content (AvgIpc) is 3.85. The number of rotatable bonds is 8. The van der Waals surface area contributed by atoms with Gasteiger partial charge in [-0.15, -0.1) is 0 Å². The molecule has 1 heteroatoms. The highest BCUT2D eigenvalue weighted by molar-refractivity contribution is 6.04. The lowest BCUT2D eigenvalue weighted by Gasteiger charge is -2.32. The van der Waals surface area contributed by atoms with Crippen LogP contribution in [0.3, 0.4) is 0 Å². The Kier molecular flexibility index (Phi) is 9.91. The molecule has 10 aromatic carbocycles. The standard InChI is InChI=1S/C68H55N/c1-67(49-25-8-4-9-26-49)61-36-16-13-31-59(61)66-54(33-20-37-62(66)67)47-39-41-51(42-40-47)69(52-43-44-56-55-29-12-15-35-60(55)68(2,63(56)45-52)50-27-10-5-11-28-50)64-38-17-14-30-57(64)58-34-19-24-48-23-18-32-53(65(48)58)46-21-6-3-7-22-46/h4-5,8-20,23-46H,3,6-7,21-22H2,1-2H3. The normalized spacial score (nSPS) is 18.1. The van der Waals surface area contributed by atoms with Crippen molar-refractivity contribution in [2.45, 2.75) is 62.7 Å². The summed E-state index contributed by atoms with van der Waals surface area (Å²) in [4.78, 5) is 2.53. The molecule has 0 spiro atoms. The second-order valence-corrected chi connectivity index (χ2v) is 20.0. The third-order valence-electron chi connectivity index (χ3n) is 16.4. The van der Waals surface area contributed by atoms with Crippen molar-refractivity contribution in [1.29, 1.82) is 0 Å². The molecule has 332 valence electrons. The van der Waals surface area contributed by atoms with E-state index in [4.69, 9.17) is 0 Å². The molecular formula is C68H55N. The van der Waals surface area contributed by atoms with Gasteiger partial charge in [-0.3, -0.25) is 0 Å². The van der Waals surface area contributed by atoms with Crippen molar-refractivity contribution >= 4 is 27.8 Å². The molecular weight excluding hydrogens is 831 g/mol. The van der Waals surface area contributed by atoms with Crippen LogP contribution in [-0.2, 0) is 10.8 Å². The number of nitrogens with zero attached hydrogens (tertiary/aromatic N) is 1. The average molecular weight is 886 g/mol. The van der Waals surface area contributed by atoms with Gasteiger partial charge in [-0.05, 0) is 152 Å². The van der Waals surface area contributed by atoms with E-state index in [1.807, 2.05) is 0 Å². The summed E-state index contributed by atoms with van der Waals surface area (Å²) in [5.74, 6) is 0.574. The zero-order valence-electron chi connectivity index (χ0n) is 39.5. The zero-order valence-corrected chi connectivity index (χ0v) is 39.5. The summed E-state index contributed by atoms with van der Waals surface area (Å²) in [6.07, 6.45) is 6.46. The molecule has 13 rings (SSSR count). The monoisotopic (exact) mass is 885 g/mol. The first-order valence-electron chi connectivity index (χ1n) is 25.1. The van der Waals surface area contributed by atoms with E-state index in [1.54, 1.807) is 0 Å². The van der Waals surface area contributed by atoms with Crippen molar-refractivity contribution in [3.05, 3.63) is 269 Å². The van der Waals surface area contributed by atoms with Crippen molar-refractivity contribution < 1.29 is 0 Å². The molecule has 10 aromatic rings. The van der Waals surface area contributed by atoms with Crippen LogP contribution < -0.4 is 4.90 Å². The summed E-state index contributed by atoms with van der Waals surface area (Å²) >= 11 is 0. The van der Waals surface area contributed by atoms with E-state index in [2.05, 4.69) is 249 Å². The van der Waals surface area contributed by atoms with Gasteiger partial charge in [0.1, 0.15) is 0 Å². The molecule has 0 bridgehead atoms. The highest BCUT2D eigenvalue weighted by atomic mass is 15.1. The molecule has 0 N–H and O–H groups in total. The molecule has 0 heterocycles. The molecule has 3 aliphatic carbocycles. The summed E-state index contributed by atoms with van der Waals surface area (Å²) in [5, 5.41) is 2.71. The lowest BCUT2D eigenvalue weighted by Crippen LogP contribution is -2.22. The van der Waals surface area contributed by atoms with Crippen LogP contribution >= 0.6 is 0 Å². The SMILES string of the molecule is CC1(c2ccccc2)c2ccccc2-c2ccc(N(c3ccc(-c4cccc5c4-c4ccccc4C5(C)c4ccccc4)cc3)c3ccccc3-c3cccc4cccc(C5CCCCC5)c34)cc21. The maximum absolute atomic E-state index is 2.53. The Morgan fingerprint density at radius 2 is 0.899 bits per heavy atom. The van der Waals surface area contributed by atoms with Crippen molar-refractivity contribution in [3.8, 4) is 44.5 Å². The van der Waals surface area contributed by atoms with E-state index >= 15 is 0 Å². The van der Waals surface area contributed by atoms with Gasteiger partial charge in [0.05, 0.1) is 5.69 Å². The van der Waals surface area contributed by atoms with E-state index in [0.717, 1.165) is 11.4 Å². The summed E-state index contributed by atoms with van der Waals surface area (Å²) in [6.45, 7) is 4.83. The number of fused-ring (bicyclic) bond motifs is 7. The summed E-state index contributed by atoms with van der Waals surface area (Å²) < 4.78 is 0. The molecule has 1 saturated carbocycles. The molecule has 1 fully saturated rings. The third kappa shape index (κ3) is 6.44. The molecule has 0 aliphatic heterocycles. The predicted octanol–water partition coefficient (Wildman–Crippen LogP) is 18.4. The van der Waals surface area contributed by atoms with Crippen LogP contribution in [0.2, 0.25) is 0 Å². The number of anilines is 3. The molecule has 0 saturated heterocycles. The number of hydrogen-bond donors (Lipinski definition) is 0. The van der Waals surface area contributed by atoms with Gasteiger partial charge in [-0.1, -0.05) is 219 Å². The largest absolute Gasteiger partial charge is 0.310 e. The van der Waals surface area contributed by atoms with E-state index in [9.17, 15) is 0 Å². The molecule has 2 unspecified atom stereocenters. The Labute approximate surface area is 407 Å². The molecule has 2 atom stereocenters. The maximum Gasteiger partial charge on any atom is 0.0540 e. The molecule has 0 amide bonds. The fourth-order valence-electron chi connectivity index (χ4n) is 13.0. The number of hydrogen-bond acceptors (Lipinski definition) is 1. The maximum atomic E-state index is 2.53. The Bertz CT molecular complexity index is 3560. The first-order valence-corrected chi connectivity index (χ1v) is 25.1. The molecule has 1 nitrogen and oxygen atoms in total. The molecule has 69 heavy (non-hydrogen) atoms. The van der Waals surface area contributed by atoms with Crippen LogP contribution in [0, 0.1) is 0 Å². The van der Waals surface area contributed by atoms with Gasteiger partial charge in [-0.2, -0.15) is 0 Å². The van der Waals surface area contributed by atoms with E-state index in [1.165, 1.54) is 132 Å². The summed E-state index contributed by atoms with van der Waals surface area (Å²) in [5.41, 5.74) is 22.6. The van der Waals surface area contributed by atoms with Gasteiger partial charge in [0.2, 0.25) is 0 Å². The first kappa shape index (κ1) is 41.4. The molecule has 3 aliphatic rings.